The van der Waals surface area contributed by atoms with Crippen LogP contribution in [0, 0.1) is 5.41 Å². The van der Waals surface area contributed by atoms with E-state index in [1.54, 1.807) is 0 Å². The zero-order valence-electron chi connectivity index (χ0n) is 13.8. The molecular weight excluding hydrogens is 266 g/mol. The summed E-state index contributed by atoms with van der Waals surface area (Å²) in [5, 5.41) is 22.8. The highest BCUT2D eigenvalue weighted by atomic mass is 16.5. The van der Waals surface area contributed by atoms with Gasteiger partial charge in [0.1, 0.15) is 0 Å². The fourth-order valence-electron chi connectivity index (χ4n) is 3.11. The van der Waals surface area contributed by atoms with Gasteiger partial charge in [-0.25, -0.2) is 0 Å². The fourth-order valence-corrected chi connectivity index (χ4v) is 3.11. The molecule has 0 aromatic carbocycles. The van der Waals surface area contributed by atoms with Crippen LogP contribution >= 0.6 is 0 Å². The molecule has 0 spiro atoms. The van der Waals surface area contributed by atoms with Crippen LogP contribution in [0.25, 0.3) is 0 Å². The molecule has 1 unspecified atom stereocenters. The van der Waals surface area contributed by atoms with Crippen LogP contribution < -0.4 is 5.32 Å². The minimum absolute atomic E-state index is 0.0407. The Morgan fingerprint density at radius 3 is 2.57 bits per heavy atom. The molecule has 0 aromatic rings. The summed E-state index contributed by atoms with van der Waals surface area (Å²) in [6.07, 6.45) is 10.3. The van der Waals surface area contributed by atoms with Gasteiger partial charge in [-0.05, 0) is 19.3 Å². The highest BCUT2D eigenvalue weighted by Crippen LogP contribution is 2.35. The van der Waals surface area contributed by atoms with Gasteiger partial charge in [0, 0.05) is 31.7 Å². The maximum atomic E-state index is 9.89. The first kappa shape index (κ1) is 18.9. The molecule has 21 heavy (non-hydrogen) atoms. The third-order valence-corrected chi connectivity index (χ3v) is 4.58. The van der Waals surface area contributed by atoms with Crippen molar-refractivity contribution in [2.45, 2.75) is 70.8 Å². The van der Waals surface area contributed by atoms with Gasteiger partial charge in [-0.15, -0.1) is 0 Å². The van der Waals surface area contributed by atoms with E-state index in [4.69, 9.17) is 4.74 Å². The maximum Gasteiger partial charge on any atom is 0.0897 e. The van der Waals surface area contributed by atoms with Crippen LogP contribution in [-0.4, -0.2) is 49.2 Å². The SMILES string of the molecule is CCCCCCOCC(O)CNCC1(CO)CCCCC1. The number of rotatable bonds is 12. The number of ether oxygens (including phenoxy) is 1. The van der Waals surface area contributed by atoms with Gasteiger partial charge in [-0.3, -0.25) is 0 Å². The van der Waals surface area contributed by atoms with E-state index in [0.717, 1.165) is 32.4 Å². The summed E-state index contributed by atoms with van der Waals surface area (Å²) in [6.45, 7) is 4.96. The van der Waals surface area contributed by atoms with E-state index in [9.17, 15) is 10.2 Å². The predicted molar refractivity (Wildman–Crippen MR) is 86.4 cm³/mol. The number of nitrogens with one attached hydrogen (secondary N) is 1. The Hall–Kier alpha value is -0.160. The van der Waals surface area contributed by atoms with Crippen molar-refractivity contribution in [2.24, 2.45) is 5.41 Å². The van der Waals surface area contributed by atoms with E-state index < -0.39 is 6.10 Å². The smallest absolute Gasteiger partial charge is 0.0897 e. The van der Waals surface area contributed by atoms with E-state index in [1.165, 1.54) is 38.5 Å². The van der Waals surface area contributed by atoms with E-state index in [1.807, 2.05) is 0 Å². The molecule has 1 atom stereocenters. The van der Waals surface area contributed by atoms with Crippen LogP contribution in [0.1, 0.15) is 64.7 Å². The van der Waals surface area contributed by atoms with Crippen molar-refractivity contribution < 1.29 is 14.9 Å². The van der Waals surface area contributed by atoms with Crippen molar-refractivity contribution in [1.29, 1.82) is 0 Å². The molecule has 0 saturated heterocycles. The lowest BCUT2D eigenvalue weighted by atomic mass is 9.74. The maximum absolute atomic E-state index is 9.89. The summed E-state index contributed by atoms with van der Waals surface area (Å²) in [5.41, 5.74) is 0.0407. The molecule has 1 fully saturated rings. The van der Waals surface area contributed by atoms with Gasteiger partial charge in [0.25, 0.3) is 0 Å². The van der Waals surface area contributed by atoms with Gasteiger partial charge in [0.2, 0.25) is 0 Å². The number of hydrogen-bond acceptors (Lipinski definition) is 4. The van der Waals surface area contributed by atoms with Crippen LogP contribution in [0.3, 0.4) is 0 Å². The standard InChI is InChI=1S/C17H35NO3/c1-2-3-4-8-11-21-13-16(20)12-18-14-17(15-19)9-6-5-7-10-17/h16,18-20H,2-15H2,1H3. The number of hydrogen-bond donors (Lipinski definition) is 3. The summed E-state index contributed by atoms with van der Waals surface area (Å²) in [6, 6.07) is 0. The second-order valence-corrected chi connectivity index (χ2v) is 6.64. The third kappa shape index (κ3) is 8.15. The molecule has 1 saturated carbocycles. The Morgan fingerprint density at radius 1 is 1.14 bits per heavy atom. The Morgan fingerprint density at radius 2 is 1.90 bits per heavy atom. The molecule has 0 bridgehead atoms. The monoisotopic (exact) mass is 301 g/mol. The molecule has 0 heterocycles. The van der Waals surface area contributed by atoms with Gasteiger partial charge in [-0.2, -0.15) is 0 Å². The normalized spacial score (nSPS) is 19.6. The molecule has 0 aliphatic heterocycles. The largest absolute Gasteiger partial charge is 0.396 e. The average molecular weight is 301 g/mol. The zero-order chi connectivity index (χ0) is 15.4. The number of unbranched alkanes of at least 4 members (excludes halogenated alkanes) is 3. The second-order valence-electron chi connectivity index (χ2n) is 6.64. The molecule has 0 radical (unpaired) electrons. The fraction of sp³-hybridized carbons (Fsp3) is 1.00. The summed E-state index contributed by atoms with van der Waals surface area (Å²) in [5.74, 6) is 0. The van der Waals surface area contributed by atoms with Crippen molar-refractivity contribution in [2.75, 3.05) is 32.9 Å². The molecule has 0 amide bonds. The minimum Gasteiger partial charge on any atom is -0.396 e. The van der Waals surface area contributed by atoms with Gasteiger partial charge in [0.15, 0.2) is 0 Å². The second kappa shape index (κ2) is 11.4. The molecule has 3 N–H and O–H groups in total. The van der Waals surface area contributed by atoms with E-state index in [0.29, 0.717) is 13.2 Å². The third-order valence-electron chi connectivity index (χ3n) is 4.58. The molecule has 0 aromatic heterocycles. The zero-order valence-corrected chi connectivity index (χ0v) is 13.8. The van der Waals surface area contributed by atoms with Gasteiger partial charge < -0.3 is 20.3 Å². The molecule has 1 rings (SSSR count). The van der Waals surface area contributed by atoms with Crippen LogP contribution in [0.15, 0.2) is 0 Å². The topological polar surface area (TPSA) is 61.7 Å². The van der Waals surface area contributed by atoms with Crippen LogP contribution in [0.2, 0.25) is 0 Å². The van der Waals surface area contributed by atoms with Gasteiger partial charge in [0.05, 0.1) is 12.7 Å². The molecule has 4 heteroatoms. The Balaban J connectivity index is 2.03. The Labute approximate surface area is 130 Å². The summed E-state index contributed by atoms with van der Waals surface area (Å²) in [7, 11) is 0. The molecular formula is C17H35NO3. The van der Waals surface area contributed by atoms with Gasteiger partial charge in [-0.1, -0.05) is 45.4 Å². The first-order valence-corrected chi connectivity index (χ1v) is 8.80. The van der Waals surface area contributed by atoms with Crippen molar-refractivity contribution in [3.8, 4) is 0 Å². The lowest BCUT2D eigenvalue weighted by molar-refractivity contribution is 0.0296. The molecule has 1 aliphatic carbocycles. The first-order valence-electron chi connectivity index (χ1n) is 8.80. The van der Waals surface area contributed by atoms with Crippen molar-refractivity contribution >= 4 is 0 Å². The summed E-state index contributed by atoms with van der Waals surface area (Å²) < 4.78 is 5.50. The lowest BCUT2D eigenvalue weighted by Crippen LogP contribution is -2.42. The van der Waals surface area contributed by atoms with E-state index in [-0.39, 0.29) is 12.0 Å². The van der Waals surface area contributed by atoms with E-state index >= 15 is 0 Å². The molecule has 126 valence electrons. The van der Waals surface area contributed by atoms with Gasteiger partial charge >= 0.3 is 0 Å². The Bertz CT molecular complexity index is 242. The minimum atomic E-state index is -0.449. The van der Waals surface area contributed by atoms with Crippen molar-refractivity contribution in [1.82, 2.24) is 5.32 Å². The van der Waals surface area contributed by atoms with E-state index in [2.05, 4.69) is 12.2 Å². The van der Waals surface area contributed by atoms with Crippen LogP contribution in [0.5, 0.6) is 0 Å². The van der Waals surface area contributed by atoms with Crippen molar-refractivity contribution in [3.05, 3.63) is 0 Å². The molecule has 1 aliphatic rings. The predicted octanol–water partition coefficient (Wildman–Crippen LogP) is 2.48. The number of aliphatic hydroxyl groups excluding tert-OH is 2. The highest BCUT2D eigenvalue weighted by Gasteiger charge is 2.30. The summed E-state index contributed by atoms with van der Waals surface area (Å²) >= 11 is 0. The average Bonchev–Trinajstić information content (AvgIpc) is 2.51. The van der Waals surface area contributed by atoms with Crippen LogP contribution in [0.4, 0.5) is 0 Å². The number of aliphatic hydroxyl groups is 2. The Kier molecular flexibility index (Phi) is 10.3. The summed E-state index contributed by atoms with van der Waals surface area (Å²) in [4.78, 5) is 0. The molecule has 4 nitrogen and oxygen atoms in total. The highest BCUT2D eigenvalue weighted by molar-refractivity contribution is 4.84. The lowest BCUT2D eigenvalue weighted by Gasteiger charge is -2.36. The first-order chi connectivity index (χ1) is 10.2. The quantitative estimate of drug-likeness (QED) is 0.485. The van der Waals surface area contributed by atoms with Crippen LogP contribution in [-0.2, 0) is 4.74 Å². The van der Waals surface area contributed by atoms with Crippen molar-refractivity contribution in [3.63, 3.8) is 0 Å².